The first-order valence-electron chi connectivity index (χ1n) is 9.57. The Bertz CT molecular complexity index is 910. The molecule has 7 heteroatoms. The van der Waals surface area contributed by atoms with E-state index in [-0.39, 0.29) is 47.9 Å². The van der Waals surface area contributed by atoms with Crippen LogP contribution in [0.2, 0.25) is 5.02 Å². The average molecular weight is 401 g/mol. The zero-order chi connectivity index (χ0) is 19.8. The second kappa shape index (κ2) is 5.91. The molecule has 2 saturated heterocycles. The molecule has 4 atom stereocenters. The van der Waals surface area contributed by atoms with Crippen LogP contribution < -0.4 is 4.90 Å². The standard InChI is InChI=1S/C21H21ClN2O4/c1-21(2)10-28-23(20(21)27)9-13-5-6-14(8-15(13)22)24-18(25)16-11-3-4-12(7-11)17(16)19(24)26/h3-6,8,11-12,16-17H,7,9-10H2,1-2H3. The number of hydrogen-bond donors (Lipinski definition) is 0. The Labute approximate surface area is 168 Å². The van der Waals surface area contributed by atoms with Gasteiger partial charge < -0.3 is 0 Å². The molecule has 2 aliphatic heterocycles. The number of hydroxylamine groups is 2. The number of nitrogens with zero attached hydrogens (tertiary/aromatic N) is 2. The van der Waals surface area contributed by atoms with Gasteiger partial charge in [0, 0.05) is 5.02 Å². The SMILES string of the molecule is CC1(C)CON(Cc2ccc(N3C(=O)C4C5C=CC(C5)C4C3=O)cc2Cl)C1=O. The van der Waals surface area contributed by atoms with E-state index in [4.69, 9.17) is 16.4 Å². The van der Waals surface area contributed by atoms with Crippen LogP contribution >= 0.6 is 11.6 Å². The van der Waals surface area contributed by atoms with Gasteiger partial charge in [0.05, 0.1) is 36.1 Å². The van der Waals surface area contributed by atoms with Crippen molar-refractivity contribution in [2.75, 3.05) is 11.5 Å². The Kier molecular flexibility index (Phi) is 3.77. The van der Waals surface area contributed by atoms with E-state index in [1.165, 1.54) is 9.96 Å². The fourth-order valence-corrected chi connectivity index (χ4v) is 5.16. The van der Waals surface area contributed by atoms with Crippen molar-refractivity contribution in [3.8, 4) is 0 Å². The van der Waals surface area contributed by atoms with Gasteiger partial charge in [-0.1, -0.05) is 29.8 Å². The largest absolute Gasteiger partial charge is 0.274 e. The Hall–Kier alpha value is -2.18. The molecule has 0 spiro atoms. The van der Waals surface area contributed by atoms with Gasteiger partial charge >= 0.3 is 0 Å². The highest BCUT2D eigenvalue weighted by Gasteiger charge is 2.59. The summed E-state index contributed by atoms with van der Waals surface area (Å²) in [5, 5.41) is 1.72. The topological polar surface area (TPSA) is 66.9 Å². The van der Waals surface area contributed by atoms with Crippen LogP contribution in [0, 0.1) is 29.1 Å². The summed E-state index contributed by atoms with van der Waals surface area (Å²) in [5.41, 5.74) is 0.649. The number of halogens is 1. The molecule has 2 aliphatic carbocycles. The van der Waals surface area contributed by atoms with Crippen LogP contribution in [0.15, 0.2) is 30.4 Å². The lowest BCUT2D eigenvalue weighted by atomic mass is 9.85. The number of amides is 3. The number of carbonyl (C=O) groups is 3. The number of benzene rings is 1. The minimum absolute atomic E-state index is 0.0895. The molecule has 2 heterocycles. The number of allylic oxidation sites excluding steroid dienone is 2. The summed E-state index contributed by atoms with van der Waals surface area (Å²) >= 11 is 6.44. The lowest BCUT2D eigenvalue weighted by Gasteiger charge is -2.20. The molecule has 2 bridgehead atoms. The second-order valence-electron chi connectivity index (χ2n) is 8.79. The fourth-order valence-electron chi connectivity index (χ4n) is 4.93. The molecule has 4 aliphatic rings. The van der Waals surface area contributed by atoms with E-state index >= 15 is 0 Å². The Morgan fingerprint density at radius 2 is 1.75 bits per heavy atom. The summed E-state index contributed by atoms with van der Waals surface area (Å²) < 4.78 is 0. The average Bonchev–Trinajstić information content (AvgIpc) is 3.37. The molecule has 0 N–H and O–H groups in total. The van der Waals surface area contributed by atoms with E-state index in [1.54, 1.807) is 18.2 Å². The van der Waals surface area contributed by atoms with Gasteiger partial charge in [0.25, 0.3) is 5.91 Å². The first-order valence-corrected chi connectivity index (χ1v) is 9.95. The second-order valence-corrected chi connectivity index (χ2v) is 9.19. The molecule has 0 radical (unpaired) electrons. The molecule has 28 heavy (non-hydrogen) atoms. The van der Waals surface area contributed by atoms with Crippen molar-refractivity contribution in [1.82, 2.24) is 5.06 Å². The Balaban J connectivity index is 1.38. The van der Waals surface area contributed by atoms with Gasteiger partial charge in [-0.05, 0) is 49.8 Å². The minimum atomic E-state index is -0.550. The third-order valence-corrected chi connectivity index (χ3v) is 6.82. The van der Waals surface area contributed by atoms with Gasteiger partial charge in [-0.25, -0.2) is 9.96 Å². The van der Waals surface area contributed by atoms with Gasteiger partial charge in [-0.15, -0.1) is 0 Å². The molecule has 5 rings (SSSR count). The number of imide groups is 1. The van der Waals surface area contributed by atoms with Crippen LogP contribution in [0.25, 0.3) is 0 Å². The van der Waals surface area contributed by atoms with E-state index in [1.807, 2.05) is 13.8 Å². The van der Waals surface area contributed by atoms with Gasteiger partial charge in [-0.2, -0.15) is 0 Å². The molecule has 3 fully saturated rings. The van der Waals surface area contributed by atoms with Gasteiger partial charge in [0.15, 0.2) is 0 Å². The molecule has 4 unspecified atom stereocenters. The van der Waals surface area contributed by atoms with Crippen molar-refractivity contribution >= 4 is 35.0 Å². The third-order valence-electron chi connectivity index (χ3n) is 6.47. The number of anilines is 1. The molecule has 0 aromatic heterocycles. The van der Waals surface area contributed by atoms with Crippen LogP contribution in [0.4, 0.5) is 5.69 Å². The van der Waals surface area contributed by atoms with Crippen molar-refractivity contribution in [3.63, 3.8) is 0 Å². The number of carbonyl (C=O) groups excluding carboxylic acids is 3. The molecular weight excluding hydrogens is 380 g/mol. The highest BCUT2D eigenvalue weighted by molar-refractivity contribution is 6.32. The van der Waals surface area contributed by atoms with E-state index in [2.05, 4.69) is 12.2 Å². The zero-order valence-corrected chi connectivity index (χ0v) is 16.5. The van der Waals surface area contributed by atoms with E-state index in [0.717, 1.165) is 6.42 Å². The molecule has 1 saturated carbocycles. The summed E-state index contributed by atoms with van der Waals surface area (Å²) in [5.74, 6) is -0.474. The van der Waals surface area contributed by atoms with Crippen LogP contribution in [0.5, 0.6) is 0 Å². The van der Waals surface area contributed by atoms with Crippen molar-refractivity contribution in [1.29, 1.82) is 0 Å². The molecule has 1 aromatic rings. The molecule has 1 aromatic carbocycles. The van der Waals surface area contributed by atoms with Gasteiger partial charge in [-0.3, -0.25) is 19.2 Å². The van der Waals surface area contributed by atoms with Crippen LogP contribution in [0.1, 0.15) is 25.8 Å². The van der Waals surface area contributed by atoms with E-state index in [0.29, 0.717) is 22.9 Å². The summed E-state index contributed by atoms with van der Waals surface area (Å²) in [6, 6.07) is 5.11. The predicted molar refractivity (Wildman–Crippen MR) is 102 cm³/mol. The Morgan fingerprint density at radius 3 is 2.29 bits per heavy atom. The van der Waals surface area contributed by atoms with E-state index in [9.17, 15) is 14.4 Å². The van der Waals surface area contributed by atoms with Crippen LogP contribution in [0.3, 0.4) is 0 Å². The Morgan fingerprint density at radius 1 is 1.11 bits per heavy atom. The van der Waals surface area contributed by atoms with Crippen LogP contribution in [-0.4, -0.2) is 29.4 Å². The summed E-state index contributed by atoms with van der Waals surface area (Å²) in [6.45, 7) is 4.23. The van der Waals surface area contributed by atoms with Crippen molar-refractivity contribution < 1.29 is 19.2 Å². The third kappa shape index (κ3) is 2.40. The molecule has 6 nitrogen and oxygen atoms in total. The predicted octanol–water partition coefficient (Wildman–Crippen LogP) is 2.95. The highest BCUT2D eigenvalue weighted by atomic mass is 35.5. The van der Waals surface area contributed by atoms with Gasteiger partial charge in [0.2, 0.25) is 11.8 Å². The number of fused-ring (bicyclic) bond motifs is 5. The highest BCUT2D eigenvalue weighted by Crippen LogP contribution is 2.53. The smallest absolute Gasteiger partial charge is 0.254 e. The maximum Gasteiger partial charge on any atom is 0.254 e. The quantitative estimate of drug-likeness (QED) is 0.578. The molecule has 3 amide bonds. The van der Waals surface area contributed by atoms with Crippen molar-refractivity contribution in [2.24, 2.45) is 29.1 Å². The fraction of sp³-hybridized carbons (Fsp3) is 0.476. The van der Waals surface area contributed by atoms with Crippen molar-refractivity contribution in [2.45, 2.75) is 26.8 Å². The first-order chi connectivity index (χ1) is 13.3. The molecule has 146 valence electrons. The summed E-state index contributed by atoms with van der Waals surface area (Å²) in [4.78, 5) is 45.0. The number of rotatable bonds is 3. The number of hydrogen-bond acceptors (Lipinski definition) is 4. The van der Waals surface area contributed by atoms with Crippen molar-refractivity contribution in [3.05, 3.63) is 40.9 Å². The lowest BCUT2D eigenvalue weighted by molar-refractivity contribution is -0.165. The maximum absolute atomic E-state index is 12.9. The normalized spacial score (nSPS) is 32.8. The summed E-state index contributed by atoms with van der Waals surface area (Å²) in [6.07, 6.45) is 5.05. The first kappa shape index (κ1) is 17.9. The summed E-state index contributed by atoms with van der Waals surface area (Å²) in [7, 11) is 0. The van der Waals surface area contributed by atoms with E-state index < -0.39 is 5.41 Å². The zero-order valence-electron chi connectivity index (χ0n) is 15.7. The van der Waals surface area contributed by atoms with Crippen LogP contribution in [-0.2, 0) is 25.8 Å². The van der Waals surface area contributed by atoms with Gasteiger partial charge in [0.1, 0.15) is 0 Å². The minimum Gasteiger partial charge on any atom is -0.274 e. The maximum atomic E-state index is 12.9. The lowest BCUT2D eigenvalue weighted by Crippen LogP contribution is -2.33. The molecular formula is C21H21ClN2O4. The monoisotopic (exact) mass is 400 g/mol.